The van der Waals surface area contributed by atoms with Gasteiger partial charge in [0.15, 0.2) is 11.6 Å². The van der Waals surface area contributed by atoms with Gasteiger partial charge in [-0.25, -0.2) is 13.2 Å². The van der Waals surface area contributed by atoms with Gasteiger partial charge < -0.3 is 4.74 Å². The normalized spacial score (nSPS) is 10.7. The molecular formula is C25H17F3O. The molecule has 0 amide bonds. The molecule has 1 nitrogen and oxygen atoms in total. The van der Waals surface area contributed by atoms with Crippen LogP contribution in [-0.2, 0) is 6.61 Å². The maximum absolute atomic E-state index is 14.7. The van der Waals surface area contributed by atoms with E-state index in [2.05, 4.69) is 0 Å². The summed E-state index contributed by atoms with van der Waals surface area (Å²) in [6.45, 7) is 0.244. The van der Waals surface area contributed by atoms with Crippen molar-refractivity contribution < 1.29 is 17.9 Å². The summed E-state index contributed by atoms with van der Waals surface area (Å²) in [6, 6.07) is 24.3. The lowest BCUT2D eigenvalue weighted by Gasteiger charge is -2.10. The van der Waals surface area contributed by atoms with Gasteiger partial charge in [-0.15, -0.1) is 0 Å². The Morgan fingerprint density at radius 1 is 0.586 bits per heavy atom. The molecule has 0 spiro atoms. The number of benzene rings is 4. The molecule has 0 fully saturated rings. The molecule has 0 aliphatic carbocycles. The molecule has 29 heavy (non-hydrogen) atoms. The first kappa shape index (κ1) is 18.8. The van der Waals surface area contributed by atoms with E-state index in [-0.39, 0.29) is 23.7 Å². The Bertz CT molecular complexity index is 1140. The van der Waals surface area contributed by atoms with Gasteiger partial charge in [-0.2, -0.15) is 0 Å². The number of rotatable bonds is 5. The molecule has 0 saturated heterocycles. The van der Waals surface area contributed by atoms with Crippen LogP contribution in [0.3, 0.4) is 0 Å². The van der Waals surface area contributed by atoms with Gasteiger partial charge in [-0.1, -0.05) is 60.7 Å². The van der Waals surface area contributed by atoms with Gasteiger partial charge in [0.1, 0.15) is 18.2 Å². The summed E-state index contributed by atoms with van der Waals surface area (Å²) in [5, 5.41) is 0. The Morgan fingerprint density at radius 3 is 2.03 bits per heavy atom. The Morgan fingerprint density at radius 2 is 1.31 bits per heavy atom. The molecule has 4 aromatic rings. The zero-order valence-corrected chi connectivity index (χ0v) is 15.4. The lowest BCUT2D eigenvalue weighted by atomic mass is 9.99. The second kappa shape index (κ2) is 8.23. The molecule has 0 atom stereocenters. The van der Waals surface area contributed by atoms with Crippen molar-refractivity contribution in [2.75, 3.05) is 0 Å². The van der Waals surface area contributed by atoms with Crippen molar-refractivity contribution in [3.8, 4) is 28.0 Å². The number of halogens is 3. The van der Waals surface area contributed by atoms with E-state index in [1.165, 1.54) is 30.3 Å². The highest BCUT2D eigenvalue weighted by molar-refractivity contribution is 5.71. The Labute approximate surface area is 167 Å². The van der Waals surface area contributed by atoms with Crippen molar-refractivity contribution in [3.63, 3.8) is 0 Å². The predicted octanol–water partition coefficient (Wildman–Crippen LogP) is 7.02. The van der Waals surface area contributed by atoms with E-state index in [0.717, 1.165) is 5.56 Å². The number of hydrogen-bond donors (Lipinski definition) is 0. The summed E-state index contributed by atoms with van der Waals surface area (Å²) in [6.07, 6.45) is 0. The van der Waals surface area contributed by atoms with E-state index in [1.807, 2.05) is 30.3 Å². The molecule has 0 saturated carbocycles. The smallest absolute Gasteiger partial charge is 0.165 e. The van der Waals surface area contributed by atoms with Crippen molar-refractivity contribution in [3.05, 3.63) is 114 Å². The largest absolute Gasteiger partial charge is 0.486 e. The first-order valence-corrected chi connectivity index (χ1v) is 9.12. The van der Waals surface area contributed by atoms with Gasteiger partial charge in [0.2, 0.25) is 0 Å². The van der Waals surface area contributed by atoms with Gasteiger partial charge in [0, 0.05) is 5.56 Å². The molecule has 144 valence electrons. The van der Waals surface area contributed by atoms with E-state index in [1.54, 1.807) is 30.3 Å². The molecule has 0 radical (unpaired) electrons. The van der Waals surface area contributed by atoms with Gasteiger partial charge in [0.05, 0.1) is 0 Å². The van der Waals surface area contributed by atoms with Crippen LogP contribution in [-0.4, -0.2) is 0 Å². The lowest BCUT2D eigenvalue weighted by Crippen LogP contribution is -1.97. The fraction of sp³-hybridized carbons (Fsp3) is 0.0400. The van der Waals surface area contributed by atoms with E-state index < -0.39 is 11.6 Å². The van der Waals surface area contributed by atoms with Crippen LogP contribution in [0.1, 0.15) is 5.56 Å². The summed E-state index contributed by atoms with van der Waals surface area (Å²) < 4.78 is 48.1. The van der Waals surface area contributed by atoms with E-state index in [0.29, 0.717) is 16.7 Å². The second-order valence-corrected chi connectivity index (χ2v) is 6.62. The van der Waals surface area contributed by atoms with Crippen LogP contribution >= 0.6 is 0 Å². The SMILES string of the molecule is Fc1cccc(-c2ccc(-c3ccc(OCc4ccccc4)c(F)c3)c(F)c2)c1. The molecule has 0 heterocycles. The zero-order chi connectivity index (χ0) is 20.2. The quantitative estimate of drug-likeness (QED) is 0.356. The molecule has 4 rings (SSSR count). The van der Waals surface area contributed by atoms with Gasteiger partial charge in [-0.3, -0.25) is 0 Å². The van der Waals surface area contributed by atoms with Crippen LogP contribution in [0.5, 0.6) is 5.75 Å². The van der Waals surface area contributed by atoms with Crippen LogP contribution in [0.4, 0.5) is 13.2 Å². The highest BCUT2D eigenvalue weighted by Crippen LogP contribution is 2.31. The molecule has 0 N–H and O–H groups in total. The van der Waals surface area contributed by atoms with Gasteiger partial charge >= 0.3 is 0 Å². The first-order chi connectivity index (χ1) is 14.1. The predicted molar refractivity (Wildman–Crippen MR) is 108 cm³/mol. The number of hydrogen-bond acceptors (Lipinski definition) is 1. The molecule has 4 aromatic carbocycles. The first-order valence-electron chi connectivity index (χ1n) is 9.12. The minimum absolute atomic E-state index is 0.106. The molecular weight excluding hydrogens is 373 g/mol. The van der Waals surface area contributed by atoms with Crippen LogP contribution in [0.2, 0.25) is 0 Å². The molecule has 0 aliphatic rings. The fourth-order valence-electron chi connectivity index (χ4n) is 3.12. The third-order valence-electron chi connectivity index (χ3n) is 4.61. The highest BCUT2D eigenvalue weighted by atomic mass is 19.1. The van der Waals surface area contributed by atoms with Crippen LogP contribution in [0, 0.1) is 17.5 Å². The summed E-state index contributed by atoms with van der Waals surface area (Å²) in [5.74, 6) is -1.36. The van der Waals surface area contributed by atoms with E-state index in [4.69, 9.17) is 4.74 Å². The molecule has 0 unspecified atom stereocenters. The van der Waals surface area contributed by atoms with Crippen molar-refractivity contribution in [1.82, 2.24) is 0 Å². The second-order valence-electron chi connectivity index (χ2n) is 6.62. The zero-order valence-electron chi connectivity index (χ0n) is 15.4. The van der Waals surface area contributed by atoms with E-state index >= 15 is 0 Å². The van der Waals surface area contributed by atoms with Gasteiger partial charge in [-0.05, 0) is 52.6 Å². The maximum Gasteiger partial charge on any atom is 0.165 e. The van der Waals surface area contributed by atoms with Crippen molar-refractivity contribution >= 4 is 0 Å². The third-order valence-corrected chi connectivity index (χ3v) is 4.61. The Balaban J connectivity index is 1.56. The Kier molecular flexibility index (Phi) is 5.34. The van der Waals surface area contributed by atoms with Crippen LogP contribution < -0.4 is 4.74 Å². The van der Waals surface area contributed by atoms with E-state index in [9.17, 15) is 13.2 Å². The van der Waals surface area contributed by atoms with Crippen molar-refractivity contribution in [2.24, 2.45) is 0 Å². The van der Waals surface area contributed by atoms with Crippen LogP contribution in [0.15, 0.2) is 91.0 Å². The molecule has 0 aromatic heterocycles. The summed E-state index contributed by atoms with van der Waals surface area (Å²) in [5.41, 5.74) is 2.71. The standard InChI is InChI=1S/C25H17F3O/c26-21-8-4-7-18(13-21)19-9-11-22(23(27)14-19)20-10-12-25(24(28)15-20)29-16-17-5-2-1-3-6-17/h1-15H,16H2. The topological polar surface area (TPSA) is 9.23 Å². The summed E-state index contributed by atoms with van der Waals surface area (Å²) in [4.78, 5) is 0. The summed E-state index contributed by atoms with van der Waals surface area (Å²) in [7, 11) is 0. The average Bonchev–Trinajstić information content (AvgIpc) is 2.73. The monoisotopic (exact) mass is 390 g/mol. The molecule has 0 bridgehead atoms. The fourth-order valence-corrected chi connectivity index (χ4v) is 3.12. The molecule has 0 aliphatic heterocycles. The van der Waals surface area contributed by atoms with Crippen molar-refractivity contribution in [2.45, 2.75) is 6.61 Å². The minimum Gasteiger partial charge on any atom is -0.486 e. The van der Waals surface area contributed by atoms with Gasteiger partial charge in [0.25, 0.3) is 0 Å². The number of ether oxygens (including phenoxy) is 1. The average molecular weight is 390 g/mol. The van der Waals surface area contributed by atoms with Crippen LogP contribution in [0.25, 0.3) is 22.3 Å². The highest BCUT2D eigenvalue weighted by Gasteiger charge is 2.11. The molecule has 4 heteroatoms. The summed E-state index contributed by atoms with van der Waals surface area (Å²) >= 11 is 0. The lowest BCUT2D eigenvalue weighted by molar-refractivity contribution is 0.290. The Hall–Kier alpha value is -3.53. The maximum atomic E-state index is 14.7. The van der Waals surface area contributed by atoms with Crippen molar-refractivity contribution in [1.29, 1.82) is 0 Å². The third kappa shape index (κ3) is 4.32. The minimum atomic E-state index is -0.563.